The number of nitrogens with zero attached hydrogens (tertiary/aromatic N) is 1. The molecule has 1 aliphatic heterocycles. The van der Waals surface area contributed by atoms with E-state index in [0.717, 1.165) is 12.1 Å². The molecular formula is C25H28ClF2NO4S2. The van der Waals surface area contributed by atoms with Gasteiger partial charge in [-0.15, -0.1) is 0 Å². The van der Waals surface area contributed by atoms with E-state index in [2.05, 4.69) is 0 Å². The molecule has 5 nitrogen and oxygen atoms in total. The Morgan fingerprint density at radius 2 is 1.80 bits per heavy atom. The molecule has 5 rings (SSSR count). The first-order valence-corrected chi connectivity index (χ1v) is 15.0. The van der Waals surface area contributed by atoms with Crippen LogP contribution < -0.4 is 4.74 Å². The van der Waals surface area contributed by atoms with Gasteiger partial charge < -0.3 is 4.74 Å². The van der Waals surface area contributed by atoms with Gasteiger partial charge in [0, 0.05) is 28.9 Å². The fraction of sp³-hybridized carbons (Fsp3) is 0.520. The first kappa shape index (κ1) is 25.1. The molecule has 2 aliphatic carbocycles. The van der Waals surface area contributed by atoms with Crippen molar-refractivity contribution in [2.45, 2.75) is 53.9 Å². The van der Waals surface area contributed by atoms with Crippen molar-refractivity contribution in [1.82, 2.24) is 4.31 Å². The standard InChI is InChI=1S/C25H28ClF2NO4S2/c1-2-29(35(31,32)19-9-10-19)14-16-4-3-13-25(34(30)18-7-5-17(26)6-8-18)20(16)15-33-24-22(28)12-11-21(27)23(24)25/h5-8,11-12,16,19-20H,2-4,9-10,13-15H2,1H3/t16-,20-,25-,34?/m0/s1. The summed E-state index contributed by atoms with van der Waals surface area (Å²) in [7, 11) is -5.18. The van der Waals surface area contributed by atoms with Crippen LogP contribution in [0.25, 0.3) is 0 Å². The van der Waals surface area contributed by atoms with Crippen LogP contribution in [0.4, 0.5) is 8.78 Å². The zero-order chi connectivity index (χ0) is 25.0. The Balaban J connectivity index is 1.62. The number of sulfonamides is 1. The van der Waals surface area contributed by atoms with Gasteiger partial charge in [0.15, 0.2) is 11.6 Å². The summed E-state index contributed by atoms with van der Waals surface area (Å²) in [5.41, 5.74) is -0.000156. The quantitative estimate of drug-likeness (QED) is 0.479. The molecule has 1 unspecified atom stereocenters. The summed E-state index contributed by atoms with van der Waals surface area (Å²) >= 11 is 6.04. The maximum absolute atomic E-state index is 15.5. The number of ether oxygens (including phenoxy) is 1. The summed E-state index contributed by atoms with van der Waals surface area (Å²) in [6, 6.07) is 8.63. The van der Waals surface area contributed by atoms with Gasteiger partial charge in [0.1, 0.15) is 5.82 Å². The van der Waals surface area contributed by atoms with Crippen LogP contribution in [-0.2, 0) is 25.6 Å². The number of rotatable bonds is 7. The number of fused-ring (bicyclic) bond motifs is 3. The van der Waals surface area contributed by atoms with Crippen LogP contribution in [0.1, 0.15) is 44.6 Å². The average Bonchev–Trinajstić information content (AvgIpc) is 3.70. The van der Waals surface area contributed by atoms with Gasteiger partial charge in [0.25, 0.3) is 0 Å². The van der Waals surface area contributed by atoms with E-state index in [1.807, 2.05) is 6.92 Å². The highest BCUT2D eigenvalue weighted by molar-refractivity contribution is 7.90. The molecule has 0 bridgehead atoms. The molecule has 4 atom stereocenters. The number of hydrogen-bond acceptors (Lipinski definition) is 4. The van der Waals surface area contributed by atoms with Crippen LogP contribution in [0.5, 0.6) is 5.75 Å². The van der Waals surface area contributed by atoms with Crippen molar-refractivity contribution in [3.05, 3.63) is 58.6 Å². The van der Waals surface area contributed by atoms with Crippen LogP contribution in [0.3, 0.4) is 0 Å². The molecular weight excluding hydrogens is 516 g/mol. The molecule has 1 heterocycles. The van der Waals surface area contributed by atoms with Crippen LogP contribution in [0, 0.1) is 23.5 Å². The molecule has 2 saturated carbocycles. The number of benzene rings is 2. The summed E-state index contributed by atoms with van der Waals surface area (Å²) in [5.74, 6) is -2.22. The highest BCUT2D eigenvalue weighted by Crippen LogP contribution is 2.57. The van der Waals surface area contributed by atoms with Crippen molar-refractivity contribution in [1.29, 1.82) is 0 Å². The minimum Gasteiger partial charge on any atom is -0.490 e. The lowest BCUT2D eigenvalue weighted by molar-refractivity contribution is 0.0684. The second-order valence-corrected chi connectivity index (χ2v) is 14.0. The number of hydrogen-bond donors (Lipinski definition) is 0. The minimum atomic E-state index is -3.42. The van der Waals surface area contributed by atoms with Crippen LogP contribution >= 0.6 is 11.6 Å². The molecule has 2 aromatic rings. The Bertz CT molecular complexity index is 1250. The van der Waals surface area contributed by atoms with E-state index in [1.54, 1.807) is 24.3 Å². The van der Waals surface area contributed by atoms with E-state index in [1.165, 1.54) is 4.31 Å². The summed E-state index contributed by atoms with van der Waals surface area (Å²) in [6.07, 6.45) is 3.01. The van der Waals surface area contributed by atoms with Gasteiger partial charge in [-0.3, -0.25) is 4.21 Å². The van der Waals surface area contributed by atoms with E-state index in [4.69, 9.17) is 16.3 Å². The SMILES string of the molecule is CCN(C[C@@H]1CCC[C@@]2(S(=O)c3ccc(Cl)cc3)c3c(F)ccc(F)c3OC[C@@H]12)S(=O)(=O)C1CC1. The van der Waals surface area contributed by atoms with Gasteiger partial charge in [0.05, 0.1) is 33.0 Å². The van der Waals surface area contributed by atoms with Crippen molar-refractivity contribution in [3.8, 4) is 5.75 Å². The second kappa shape index (κ2) is 9.39. The van der Waals surface area contributed by atoms with Gasteiger partial charge in [0.2, 0.25) is 10.0 Å². The Morgan fingerprint density at radius 3 is 2.46 bits per heavy atom. The van der Waals surface area contributed by atoms with E-state index in [9.17, 15) is 17.0 Å². The minimum absolute atomic E-state index is 0.000156. The normalized spacial score (nSPS) is 27.1. The molecule has 2 aromatic carbocycles. The molecule has 190 valence electrons. The lowest BCUT2D eigenvalue weighted by atomic mass is 9.67. The van der Waals surface area contributed by atoms with E-state index < -0.39 is 43.1 Å². The Morgan fingerprint density at radius 1 is 1.11 bits per heavy atom. The summed E-state index contributed by atoms with van der Waals surface area (Å²) in [4.78, 5) is 0.467. The van der Waals surface area contributed by atoms with Crippen molar-refractivity contribution in [2.24, 2.45) is 11.8 Å². The summed E-state index contributed by atoms with van der Waals surface area (Å²) in [6.45, 7) is 2.42. The van der Waals surface area contributed by atoms with Crippen molar-refractivity contribution >= 4 is 32.4 Å². The first-order chi connectivity index (χ1) is 16.7. The van der Waals surface area contributed by atoms with Crippen LogP contribution in [0.15, 0.2) is 41.3 Å². The molecule has 3 aliphatic rings. The summed E-state index contributed by atoms with van der Waals surface area (Å²) in [5, 5.41) is 0.142. The van der Waals surface area contributed by atoms with Gasteiger partial charge in [-0.1, -0.05) is 24.9 Å². The van der Waals surface area contributed by atoms with Crippen LogP contribution in [-0.4, -0.2) is 41.9 Å². The lowest BCUT2D eigenvalue weighted by Gasteiger charge is -2.51. The van der Waals surface area contributed by atoms with Gasteiger partial charge >= 0.3 is 0 Å². The second-order valence-electron chi connectivity index (χ2n) is 9.61. The Hall–Kier alpha value is -1.55. The molecule has 2 fully saturated rings. The van der Waals surface area contributed by atoms with Gasteiger partial charge in [-0.2, -0.15) is 0 Å². The van der Waals surface area contributed by atoms with Crippen LogP contribution in [0.2, 0.25) is 5.02 Å². The average molecular weight is 544 g/mol. The molecule has 0 saturated heterocycles. The first-order valence-electron chi connectivity index (χ1n) is 12.0. The predicted octanol–water partition coefficient (Wildman–Crippen LogP) is 5.24. The monoisotopic (exact) mass is 543 g/mol. The van der Waals surface area contributed by atoms with E-state index in [-0.39, 0.29) is 35.6 Å². The zero-order valence-corrected chi connectivity index (χ0v) is 21.8. The fourth-order valence-electron chi connectivity index (χ4n) is 5.78. The maximum atomic E-state index is 15.5. The topological polar surface area (TPSA) is 63.7 Å². The highest BCUT2D eigenvalue weighted by atomic mass is 35.5. The molecule has 0 spiro atoms. The Labute approximate surface area is 212 Å². The molecule has 35 heavy (non-hydrogen) atoms. The van der Waals surface area contributed by atoms with Gasteiger partial charge in [-0.25, -0.2) is 21.5 Å². The molecule has 10 heteroatoms. The van der Waals surface area contributed by atoms with Crippen molar-refractivity contribution < 1.29 is 26.1 Å². The molecule has 0 radical (unpaired) electrons. The third-order valence-electron chi connectivity index (χ3n) is 7.64. The molecule has 0 amide bonds. The maximum Gasteiger partial charge on any atom is 0.216 e. The fourth-order valence-corrected chi connectivity index (χ4v) is 9.86. The summed E-state index contributed by atoms with van der Waals surface area (Å²) < 4.78 is 76.7. The van der Waals surface area contributed by atoms with Crippen molar-refractivity contribution in [2.75, 3.05) is 19.7 Å². The Kier molecular flexibility index (Phi) is 6.74. The third kappa shape index (κ3) is 4.22. The van der Waals surface area contributed by atoms with E-state index in [0.29, 0.717) is 48.6 Å². The highest BCUT2D eigenvalue weighted by Gasteiger charge is 2.57. The third-order valence-corrected chi connectivity index (χ3v) is 12.4. The molecule has 0 N–H and O–H groups in total. The van der Waals surface area contributed by atoms with Gasteiger partial charge in [-0.05, 0) is 68.0 Å². The van der Waals surface area contributed by atoms with E-state index >= 15 is 4.39 Å². The zero-order valence-electron chi connectivity index (χ0n) is 19.4. The molecule has 0 aromatic heterocycles. The predicted molar refractivity (Wildman–Crippen MR) is 131 cm³/mol. The largest absolute Gasteiger partial charge is 0.490 e. The number of halogens is 3. The smallest absolute Gasteiger partial charge is 0.216 e. The lowest BCUT2D eigenvalue weighted by Crippen LogP contribution is -2.54. The van der Waals surface area contributed by atoms with Crippen molar-refractivity contribution in [3.63, 3.8) is 0 Å².